The first-order valence-corrected chi connectivity index (χ1v) is 11.0. The summed E-state index contributed by atoms with van der Waals surface area (Å²) in [6, 6.07) is 13.1. The van der Waals surface area contributed by atoms with Crippen molar-refractivity contribution in [2.24, 2.45) is 0 Å². The van der Waals surface area contributed by atoms with Gasteiger partial charge in [0.2, 0.25) is 5.91 Å². The van der Waals surface area contributed by atoms with Gasteiger partial charge in [-0.1, -0.05) is 44.2 Å². The number of fused-ring (bicyclic) bond motifs is 1. The van der Waals surface area contributed by atoms with E-state index < -0.39 is 23.4 Å². The van der Waals surface area contributed by atoms with Gasteiger partial charge in [0.1, 0.15) is 12.1 Å². The number of imide groups is 1. The maximum atomic E-state index is 13.1. The summed E-state index contributed by atoms with van der Waals surface area (Å²) in [7, 11) is 0. The first kappa shape index (κ1) is 21.1. The molecule has 6 nitrogen and oxygen atoms in total. The molecule has 1 fully saturated rings. The average molecular weight is 420 g/mol. The van der Waals surface area contributed by atoms with Crippen molar-refractivity contribution in [3.8, 4) is 0 Å². The Kier molecular flexibility index (Phi) is 5.56. The van der Waals surface area contributed by atoms with Gasteiger partial charge in [-0.3, -0.25) is 14.5 Å². The van der Waals surface area contributed by atoms with Crippen LogP contribution in [0.15, 0.2) is 42.5 Å². The minimum Gasteiger partial charge on any atom is -0.325 e. The zero-order chi connectivity index (χ0) is 22.2. The van der Waals surface area contributed by atoms with Crippen molar-refractivity contribution in [1.29, 1.82) is 0 Å². The van der Waals surface area contributed by atoms with Crippen LogP contribution < -0.4 is 10.6 Å². The normalized spacial score (nSPS) is 21.1. The van der Waals surface area contributed by atoms with Gasteiger partial charge >= 0.3 is 6.03 Å². The zero-order valence-electron chi connectivity index (χ0n) is 18.3. The molecule has 0 aromatic heterocycles. The van der Waals surface area contributed by atoms with Crippen LogP contribution in [0.2, 0.25) is 0 Å². The number of nitrogens with one attached hydrogen (secondary N) is 2. The molecule has 1 saturated heterocycles. The molecular weight excluding hydrogens is 390 g/mol. The lowest BCUT2D eigenvalue weighted by molar-refractivity contribution is -0.133. The summed E-state index contributed by atoms with van der Waals surface area (Å²) in [6.45, 7) is 5.67. The predicted molar refractivity (Wildman–Crippen MR) is 120 cm³/mol. The Morgan fingerprint density at radius 1 is 1.13 bits per heavy atom. The van der Waals surface area contributed by atoms with E-state index in [1.54, 1.807) is 6.92 Å². The van der Waals surface area contributed by atoms with E-state index >= 15 is 0 Å². The molecule has 2 aliphatic rings. The molecule has 0 spiro atoms. The highest BCUT2D eigenvalue weighted by molar-refractivity contribution is 6.10. The van der Waals surface area contributed by atoms with Crippen LogP contribution in [-0.2, 0) is 28.0 Å². The van der Waals surface area contributed by atoms with Gasteiger partial charge in [0.15, 0.2) is 0 Å². The van der Waals surface area contributed by atoms with Gasteiger partial charge < -0.3 is 10.6 Å². The van der Waals surface area contributed by atoms with Crippen LogP contribution in [0.4, 0.5) is 10.5 Å². The highest BCUT2D eigenvalue weighted by Crippen LogP contribution is 2.32. The molecular formula is C25H29N3O3. The van der Waals surface area contributed by atoms with Crippen LogP contribution in [0, 0.1) is 0 Å². The summed E-state index contributed by atoms with van der Waals surface area (Å²) in [5.41, 5.74) is 3.99. The molecule has 0 radical (unpaired) electrons. The average Bonchev–Trinajstić information content (AvgIpc) is 3.32. The highest BCUT2D eigenvalue weighted by atomic mass is 16.2. The van der Waals surface area contributed by atoms with Crippen LogP contribution >= 0.6 is 0 Å². The summed E-state index contributed by atoms with van der Waals surface area (Å²) >= 11 is 0. The van der Waals surface area contributed by atoms with E-state index in [1.807, 2.05) is 42.5 Å². The number of carbonyl (C=O) groups is 3. The van der Waals surface area contributed by atoms with Gasteiger partial charge in [0, 0.05) is 5.69 Å². The Morgan fingerprint density at radius 2 is 1.84 bits per heavy atom. The van der Waals surface area contributed by atoms with E-state index in [9.17, 15) is 14.4 Å². The third kappa shape index (κ3) is 3.94. The van der Waals surface area contributed by atoms with Crippen LogP contribution in [0.1, 0.15) is 61.8 Å². The molecule has 4 rings (SSSR count). The second-order valence-corrected chi connectivity index (χ2v) is 8.76. The van der Waals surface area contributed by atoms with E-state index in [0.29, 0.717) is 11.6 Å². The van der Waals surface area contributed by atoms with Gasteiger partial charge in [-0.15, -0.1) is 0 Å². The second-order valence-electron chi connectivity index (χ2n) is 8.76. The van der Waals surface area contributed by atoms with Crippen molar-refractivity contribution in [3.63, 3.8) is 0 Å². The molecule has 1 aliphatic carbocycles. The van der Waals surface area contributed by atoms with Crippen molar-refractivity contribution < 1.29 is 14.4 Å². The summed E-state index contributed by atoms with van der Waals surface area (Å²) in [5, 5.41) is 5.57. The van der Waals surface area contributed by atoms with Crippen molar-refractivity contribution in [2.75, 3.05) is 11.9 Å². The standard InChI is InChI=1S/C25H29N3O3/c1-4-16(2)17-9-12-21(13-10-17)26-22(29)15-28-23(30)25(3,27-24(28)31)20-11-8-18-6-5-7-19(18)14-20/h8-14,16H,4-7,15H2,1-3H3,(H,26,29)(H,27,31). The van der Waals surface area contributed by atoms with E-state index in [2.05, 4.69) is 24.5 Å². The van der Waals surface area contributed by atoms with Crippen LogP contribution in [0.25, 0.3) is 0 Å². The number of nitrogens with zero attached hydrogens (tertiary/aromatic N) is 1. The molecule has 162 valence electrons. The minimum atomic E-state index is -1.16. The molecule has 31 heavy (non-hydrogen) atoms. The topological polar surface area (TPSA) is 78.5 Å². The maximum Gasteiger partial charge on any atom is 0.325 e. The molecule has 2 N–H and O–H groups in total. The Balaban J connectivity index is 1.45. The second kappa shape index (κ2) is 8.17. The number of hydrogen-bond donors (Lipinski definition) is 2. The summed E-state index contributed by atoms with van der Waals surface area (Å²) in [4.78, 5) is 39.2. The van der Waals surface area contributed by atoms with Gasteiger partial charge in [0.25, 0.3) is 5.91 Å². The molecule has 0 saturated carbocycles. The monoisotopic (exact) mass is 419 g/mol. The fourth-order valence-electron chi connectivity index (χ4n) is 4.39. The molecule has 2 aromatic rings. The zero-order valence-corrected chi connectivity index (χ0v) is 18.3. The molecule has 4 amide bonds. The molecule has 1 aliphatic heterocycles. The number of carbonyl (C=O) groups excluding carboxylic acids is 3. The van der Waals surface area contributed by atoms with E-state index in [4.69, 9.17) is 0 Å². The van der Waals surface area contributed by atoms with Crippen molar-refractivity contribution in [2.45, 2.75) is 57.9 Å². The van der Waals surface area contributed by atoms with Gasteiger partial charge in [-0.2, -0.15) is 0 Å². The molecule has 0 bridgehead atoms. The number of aryl methyl sites for hydroxylation is 2. The van der Waals surface area contributed by atoms with Gasteiger partial charge in [-0.25, -0.2) is 4.79 Å². The van der Waals surface area contributed by atoms with E-state index in [-0.39, 0.29) is 6.54 Å². The summed E-state index contributed by atoms with van der Waals surface area (Å²) < 4.78 is 0. The SMILES string of the molecule is CCC(C)c1ccc(NC(=O)CN2C(=O)NC(C)(c3ccc4c(c3)CCC4)C2=O)cc1. The number of anilines is 1. The van der Waals surface area contributed by atoms with Crippen molar-refractivity contribution in [3.05, 3.63) is 64.7 Å². The third-order valence-corrected chi connectivity index (χ3v) is 6.63. The Bertz CT molecular complexity index is 1030. The number of rotatable bonds is 6. The quantitative estimate of drug-likeness (QED) is 0.692. The Hall–Kier alpha value is -3.15. The first-order chi connectivity index (χ1) is 14.8. The lowest BCUT2D eigenvalue weighted by Gasteiger charge is -2.23. The molecule has 2 unspecified atom stereocenters. The van der Waals surface area contributed by atoms with Gasteiger partial charge in [0.05, 0.1) is 0 Å². The van der Waals surface area contributed by atoms with Crippen LogP contribution in [0.3, 0.4) is 0 Å². The number of hydrogen-bond acceptors (Lipinski definition) is 3. The minimum absolute atomic E-state index is 0.321. The van der Waals surface area contributed by atoms with E-state index in [1.165, 1.54) is 16.7 Å². The van der Waals surface area contributed by atoms with Gasteiger partial charge in [-0.05, 0) is 72.9 Å². The summed E-state index contributed by atoms with van der Waals surface area (Å²) in [6.07, 6.45) is 4.20. The largest absolute Gasteiger partial charge is 0.325 e. The highest BCUT2D eigenvalue weighted by Gasteiger charge is 2.49. The number of urea groups is 1. The predicted octanol–water partition coefficient (Wildman–Crippen LogP) is 4.09. The number of benzene rings is 2. The molecule has 2 aromatic carbocycles. The van der Waals surface area contributed by atoms with Crippen molar-refractivity contribution >= 4 is 23.5 Å². The molecule has 1 heterocycles. The van der Waals surface area contributed by atoms with Crippen LogP contribution in [-0.4, -0.2) is 29.3 Å². The molecule has 6 heteroatoms. The van der Waals surface area contributed by atoms with E-state index in [0.717, 1.165) is 36.1 Å². The summed E-state index contributed by atoms with van der Waals surface area (Å²) in [5.74, 6) is -0.358. The first-order valence-electron chi connectivity index (χ1n) is 11.0. The van der Waals surface area contributed by atoms with Crippen molar-refractivity contribution in [1.82, 2.24) is 10.2 Å². The molecule has 2 atom stereocenters. The fourth-order valence-corrected chi connectivity index (χ4v) is 4.39. The number of amides is 4. The lowest BCUT2D eigenvalue weighted by atomic mass is 9.89. The third-order valence-electron chi connectivity index (χ3n) is 6.63. The smallest absolute Gasteiger partial charge is 0.325 e. The van der Waals surface area contributed by atoms with Crippen LogP contribution in [0.5, 0.6) is 0 Å². The maximum absolute atomic E-state index is 13.1. The lowest BCUT2D eigenvalue weighted by Crippen LogP contribution is -2.42. The Morgan fingerprint density at radius 3 is 2.55 bits per heavy atom. The fraction of sp³-hybridized carbons (Fsp3) is 0.400. The Labute approximate surface area is 183 Å².